The van der Waals surface area contributed by atoms with Crippen LogP contribution in [0.5, 0.6) is 0 Å². The summed E-state index contributed by atoms with van der Waals surface area (Å²) < 4.78 is 36.3. The van der Waals surface area contributed by atoms with Gasteiger partial charge in [-0.2, -0.15) is 8.42 Å². The summed E-state index contributed by atoms with van der Waals surface area (Å²) in [6.07, 6.45) is -0.537. The number of alkyl carbamates (subject to hydrolysis) is 1. The van der Waals surface area contributed by atoms with Gasteiger partial charge in [-0.25, -0.2) is 4.79 Å². The molecule has 124 valence electrons. The smallest absolute Gasteiger partial charge is 0.408 e. The van der Waals surface area contributed by atoms with E-state index >= 15 is 0 Å². The molecule has 0 spiro atoms. The maximum atomic E-state index is 11.9. The first-order valence-corrected chi connectivity index (χ1v) is 8.41. The van der Waals surface area contributed by atoms with Crippen molar-refractivity contribution in [1.82, 2.24) is 5.32 Å². The minimum Gasteiger partial charge on any atom is -0.444 e. The molecule has 7 heteroatoms. The van der Waals surface area contributed by atoms with Gasteiger partial charge in [0.1, 0.15) is 5.60 Å². The van der Waals surface area contributed by atoms with Gasteiger partial charge in [0.15, 0.2) is 0 Å². The Hall–Kier alpha value is -1.60. The molecule has 0 saturated heterocycles. The number of nitrogens with one attached hydrogen (secondary N) is 1. The van der Waals surface area contributed by atoms with Gasteiger partial charge < -0.3 is 10.1 Å². The first kappa shape index (κ1) is 18.4. The lowest BCUT2D eigenvalue weighted by Gasteiger charge is -2.26. The summed E-state index contributed by atoms with van der Waals surface area (Å²) in [5.41, 5.74) is 0.133. The molecular formula is C15H23NO5S. The van der Waals surface area contributed by atoms with Gasteiger partial charge in [0, 0.05) is 0 Å². The van der Waals surface area contributed by atoms with Crippen molar-refractivity contribution < 1.29 is 22.5 Å². The van der Waals surface area contributed by atoms with Crippen LogP contribution in [0.4, 0.5) is 4.79 Å². The molecule has 22 heavy (non-hydrogen) atoms. The number of hydrogen-bond donors (Lipinski definition) is 2. The van der Waals surface area contributed by atoms with Crippen molar-refractivity contribution in [2.24, 2.45) is 5.92 Å². The van der Waals surface area contributed by atoms with Crippen molar-refractivity contribution in [2.45, 2.75) is 51.2 Å². The number of ether oxygens (including phenoxy) is 1. The molecule has 1 rings (SSSR count). The number of rotatable bonds is 4. The average molecular weight is 329 g/mol. The Balaban J connectivity index is 2.95. The zero-order valence-electron chi connectivity index (χ0n) is 13.5. The fourth-order valence-corrected chi connectivity index (χ4v) is 2.40. The summed E-state index contributed by atoms with van der Waals surface area (Å²) >= 11 is 0. The molecule has 1 aromatic carbocycles. The van der Waals surface area contributed by atoms with Gasteiger partial charge >= 0.3 is 6.09 Å². The van der Waals surface area contributed by atoms with Gasteiger partial charge in [-0.05, 0) is 44.4 Å². The summed E-state index contributed by atoms with van der Waals surface area (Å²) in [5.74, 6) is 0.0732. The molecule has 0 aliphatic carbocycles. The summed E-state index contributed by atoms with van der Waals surface area (Å²) in [6.45, 7) is 9.19. The van der Waals surface area contributed by atoms with Crippen LogP contribution < -0.4 is 5.32 Å². The van der Waals surface area contributed by atoms with E-state index in [0.29, 0.717) is 0 Å². The van der Waals surface area contributed by atoms with E-state index in [2.05, 4.69) is 5.32 Å². The Kier molecular flexibility index (Phi) is 5.59. The van der Waals surface area contributed by atoms with Crippen LogP contribution in [0.15, 0.2) is 29.2 Å². The van der Waals surface area contributed by atoms with Crippen LogP contribution in [-0.4, -0.2) is 24.7 Å². The van der Waals surface area contributed by atoms with Crippen molar-refractivity contribution >= 4 is 16.2 Å². The largest absolute Gasteiger partial charge is 0.444 e. The zero-order valence-corrected chi connectivity index (χ0v) is 14.3. The fraction of sp³-hybridized carbons (Fsp3) is 0.533. The predicted molar refractivity (Wildman–Crippen MR) is 83.2 cm³/mol. The lowest BCUT2D eigenvalue weighted by molar-refractivity contribution is 0.0489. The molecule has 0 aliphatic rings. The maximum Gasteiger partial charge on any atom is 0.408 e. The third-order valence-electron chi connectivity index (χ3n) is 2.88. The molecule has 1 aromatic rings. The van der Waals surface area contributed by atoms with Gasteiger partial charge in [-0.1, -0.05) is 26.0 Å². The Labute approximate surface area is 131 Å². The molecule has 0 unspecified atom stereocenters. The second-order valence-corrected chi connectivity index (χ2v) is 7.83. The molecule has 0 radical (unpaired) electrons. The van der Waals surface area contributed by atoms with Crippen LogP contribution in [0, 0.1) is 5.92 Å². The first-order valence-electron chi connectivity index (χ1n) is 6.97. The highest BCUT2D eigenvalue weighted by Gasteiger charge is 2.23. The summed E-state index contributed by atoms with van der Waals surface area (Å²) in [4.78, 5) is 11.7. The third-order valence-corrected chi connectivity index (χ3v) is 3.74. The number of benzene rings is 1. The van der Waals surface area contributed by atoms with Gasteiger partial charge in [0.05, 0.1) is 10.9 Å². The molecule has 2 N–H and O–H groups in total. The average Bonchev–Trinajstić information content (AvgIpc) is 2.32. The van der Waals surface area contributed by atoms with Gasteiger partial charge in [0.25, 0.3) is 10.1 Å². The lowest BCUT2D eigenvalue weighted by atomic mass is 9.96. The third kappa shape index (κ3) is 5.65. The Morgan fingerprint density at radius 1 is 1.18 bits per heavy atom. The first-order chi connectivity index (χ1) is 9.90. The minimum absolute atomic E-state index is 0.0732. The summed E-state index contributed by atoms with van der Waals surface area (Å²) in [6, 6.07) is 5.40. The highest BCUT2D eigenvalue weighted by molar-refractivity contribution is 7.85. The van der Waals surface area contributed by atoms with E-state index < -0.39 is 21.8 Å². The molecule has 6 nitrogen and oxygen atoms in total. The van der Waals surface area contributed by atoms with Crippen molar-refractivity contribution in [3.8, 4) is 0 Å². The molecule has 0 saturated carbocycles. The van der Waals surface area contributed by atoms with E-state index in [1.807, 2.05) is 13.8 Å². The van der Waals surface area contributed by atoms with Gasteiger partial charge in [0.2, 0.25) is 0 Å². The highest BCUT2D eigenvalue weighted by Crippen LogP contribution is 2.23. The number of carbonyl (C=O) groups is 1. The molecular weight excluding hydrogens is 306 g/mol. The zero-order chi connectivity index (χ0) is 17.1. The van der Waals surface area contributed by atoms with E-state index in [1.165, 1.54) is 12.1 Å². The highest BCUT2D eigenvalue weighted by atomic mass is 32.2. The molecule has 0 bridgehead atoms. The fourth-order valence-electron chi connectivity index (χ4n) is 1.92. The van der Waals surface area contributed by atoms with Crippen LogP contribution >= 0.6 is 0 Å². The number of hydrogen-bond acceptors (Lipinski definition) is 4. The molecule has 1 atom stereocenters. The number of amides is 1. The van der Waals surface area contributed by atoms with Crippen LogP contribution in [0.2, 0.25) is 0 Å². The van der Waals surface area contributed by atoms with Crippen LogP contribution in [0.1, 0.15) is 46.2 Å². The van der Waals surface area contributed by atoms with E-state index in [4.69, 9.17) is 9.29 Å². The molecule has 0 aromatic heterocycles. The van der Waals surface area contributed by atoms with Crippen LogP contribution in [0.25, 0.3) is 0 Å². The Morgan fingerprint density at radius 2 is 1.68 bits per heavy atom. The minimum atomic E-state index is -4.22. The van der Waals surface area contributed by atoms with Crippen molar-refractivity contribution in [3.05, 3.63) is 29.8 Å². The second-order valence-electron chi connectivity index (χ2n) is 6.41. The molecule has 0 aliphatic heterocycles. The Bertz CT molecular complexity index is 614. The Morgan fingerprint density at radius 3 is 2.05 bits per heavy atom. The standard InChI is InChI=1S/C15H23NO5S/c1-10(2)13(16-14(17)21-15(3,4)5)11-6-8-12(9-7-11)22(18,19)20/h6-10,13H,1-5H3,(H,16,17)(H,18,19,20)/t13-/m1/s1. The van der Waals surface area contributed by atoms with Crippen LogP contribution in [-0.2, 0) is 14.9 Å². The quantitative estimate of drug-likeness (QED) is 0.828. The van der Waals surface area contributed by atoms with Crippen molar-refractivity contribution in [2.75, 3.05) is 0 Å². The maximum absolute atomic E-state index is 11.9. The van der Waals surface area contributed by atoms with Crippen molar-refractivity contribution in [3.63, 3.8) is 0 Å². The monoisotopic (exact) mass is 329 g/mol. The molecule has 1 amide bonds. The van der Waals surface area contributed by atoms with Crippen molar-refractivity contribution in [1.29, 1.82) is 0 Å². The summed E-state index contributed by atoms with van der Waals surface area (Å²) in [7, 11) is -4.22. The van der Waals surface area contributed by atoms with Gasteiger partial charge in [-0.15, -0.1) is 0 Å². The molecule has 0 heterocycles. The number of carbonyl (C=O) groups excluding carboxylic acids is 1. The summed E-state index contributed by atoms with van der Waals surface area (Å²) in [5, 5.41) is 2.77. The van der Waals surface area contributed by atoms with Gasteiger partial charge in [-0.3, -0.25) is 4.55 Å². The normalized spacial score (nSPS) is 13.8. The lowest BCUT2D eigenvalue weighted by Crippen LogP contribution is -2.36. The molecule has 0 fully saturated rings. The van der Waals surface area contributed by atoms with E-state index in [1.54, 1.807) is 32.9 Å². The van der Waals surface area contributed by atoms with E-state index in [0.717, 1.165) is 5.56 Å². The van der Waals surface area contributed by atoms with Crippen LogP contribution in [0.3, 0.4) is 0 Å². The second kappa shape index (κ2) is 6.66. The van der Waals surface area contributed by atoms with E-state index in [9.17, 15) is 13.2 Å². The topological polar surface area (TPSA) is 92.7 Å². The van der Waals surface area contributed by atoms with E-state index in [-0.39, 0.29) is 16.9 Å². The SMILES string of the molecule is CC(C)[C@@H](NC(=O)OC(C)(C)C)c1ccc(S(=O)(=O)O)cc1. The predicted octanol–water partition coefficient (Wildman–Crippen LogP) is 3.16.